The lowest BCUT2D eigenvalue weighted by Crippen LogP contribution is -2.18. The molecule has 0 spiro atoms. The molecule has 1 aliphatic rings. The Bertz CT molecular complexity index is 653. The van der Waals surface area contributed by atoms with Crippen molar-refractivity contribution in [3.05, 3.63) is 47.9 Å². The van der Waals surface area contributed by atoms with Crippen LogP contribution in [-0.4, -0.2) is 22.1 Å². The molecular weight excluding hydrogens is 283 g/mol. The molecule has 0 unspecified atom stereocenters. The Labute approximate surface area is 128 Å². The molecule has 2 N–H and O–H groups in total. The Balaban J connectivity index is 1.64. The van der Waals surface area contributed by atoms with Crippen molar-refractivity contribution in [2.24, 2.45) is 0 Å². The van der Waals surface area contributed by atoms with Gasteiger partial charge in [-0.2, -0.15) is 0 Å². The minimum Gasteiger partial charge on any atom is -0.366 e. The van der Waals surface area contributed by atoms with Gasteiger partial charge in [-0.15, -0.1) is 10.2 Å². The zero-order chi connectivity index (χ0) is 15.4. The molecule has 5 nitrogen and oxygen atoms in total. The van der Waals surface area contributed by atoms with Crippen LogP contribution in [0.15, 0.2) is 36.4 Å². The van der Waals surface area contributed by atoms with Gasteiger partial charge >= 0.3 is 0 Å². The molecule has 1 heterocycles. The van der Waals surface area contributed by atoms with Gasteiger partial charge in [-0.3, -0.25) is 4.79 Å². The summed E-state index contributed by atoms with van der Waals surface area (Å²) in [5, 5.41) is 13.7. The first-order valence-corrected chi connectivity index (χ1v) is 7.38. The fourth-order valence-electron chi connectivity index (χ4n) is 2.56. The Kier molecular flexibility index (Phi) is 4.27. The smallest absolute Gasteiger partial charge is 0.276 e. The summed E-state index contributed by atoms with van der Waals surface area (Å²) in [5.74, 6) is -0.303. The fraction of sp³-hybridized carbons (Fsp3) is 0.312. The molecule has 0 saturated heterocycles. The molecule has 3 rings (SSSR count). The van der Waals surface area contributed by atoms with E-state index >= 15 is 0 Å². The lowest BCUT2D eigenvalue weighted by atomic mass is 10.2. The molecule has 1 amide bonds. The van der Waals surface area contributed by atoms with Gasteiger partial charge in [0.2, 0.25) is 0 Å². The van der Waals surface area contributed by atoms with Gasteiger partial charge < -0.3 is 10.6 Å². The first-order valence-electron chi connectivity index (χ1n) is 7.38. The number of nitrogens with one attached hydrogen (secondary N) is 2. The first kappa shape index (κ1) is 14.4. The minimum atomic E-state index is -0.483. The Hall–Kier alpha value is -2.50. The predicted molar refractivity (Wildman–Crippen MR) is 82.3 cm³/mol. The van der Waals surface area contributed by atoms with Crippen molar-refractivity contribution >= 4 is 17.4 Å². The zero-order valence-corrected chi connectivity index (χ0v) is 12.1. The highest BCUT2D eigenvalue weighted by molar-refractivity contribution is 6.02. The summed E-state index contributed by atoms with van der Waals surface area (Å²) in [4.78, 5) is 12.0. The molecule has 0 aliphatic heterocycles. The topological polar surface area (TPSA) is 66.9 Å². The molecule has 22 heavy (non-hydrogen) atoms. The average Bonchev–Trinajstić information content (AvgIpc) is 3.03. The van der Waals surface area contributed by atoms with Crippen LogP contribution >= 0.6 is 0 Å². The molecule has 1 aromatic heterocycles. The molecule has 1 aliphatic carbocycles. The van der Waals surface area contributed by atoms with Gasteiger partial charge in [0.1, 0.15) is 11.6 Å². The first-order chi connectivity index (χ1) is 10.7. The number of amides is 1. The molecule has 1 aromatic carbocycles. The molecule has 1 fully saturated rings. The standard InChI is InChI=1S/C16H17FN4O/c17-12-7-3-4-8-13(12)19-16(22)14-9-10-15(21-20-14)18-11-5-1-2-6-11/h3-4,7-11H,1-2,5-6H2,(H,18,21)(H,19,22). The number of rotatable bonds is 4. The van der Waals surface area contributed by atoms with E-state index in [0.29, 0.717) is 11.9 Å². The van der Waals surface area contributed by atoms with E-state index in [1.807, 2.05) is 0 Å². The maximum absolute atomic E-state index is 13.5. The van der Waals surface area contributed by atoms with Crippen LogP contribution in [0.25, 0.3) is 0 Å². The number of hydrogen-bond acceptors (Lipinski definition) is 4. The van der Waals surface area contributed by atoms with E-state index < -0.39 is 11.7 Å². The van der Waals surface area contributed by atoms with Crippen molar-refractivity contribution in [1.29, 1.82) is 0 Å². The molecule has 6 heteroatoms. The van der Waals surface area contributed by atoms with Crippen molar-refractivity contribution in [1.82, 2.24) is 10.2 Å². The average molecular weight is 300 g/mol. The zero-order valence-electron chi connectivity index (χ0n) is 12.1. The van der Waals surface area contributed by atoms with Crippen molar-refractivity contribution < 1.29 is 9.18 Å². The van der Waals surface area contributed by atoms with Crippen LogP contribution in [0, 0.1) is 5.82 Å². The summed E-state index contributed by atoms with van der Waals surface area (Å²) >= 11 is 0. The number of nitrogens with zero attached hydrogens (tertiary/aromatic N) is 2. The van der Waals surface area contributed by atoms with Crippen LogP contribution in [0.2, 0.25) is 0 Å². The largest absolute Gasteiger partial charge is 0.366 e. The molecule has 0 bridgehead atoms. The molecule has 2 aromatic rings. The Morgan fingerprint density at radius 1 is 1.09 bits per heavy atom. The number of para-hydroxylation sites is 1. The van der Waals surface area contributed by atoms with Crippen molar-refractivity contribution in [2.45, 2.75) is 31.7 Å². The number of benzene rings is 1. The lowest BCUT2D eigenvalue weighted by molar-refractivity contribution is 0.102. The molecular formula is C16H17FN4O. The summed E-state index contributed by atoms with van der Waals surface area (Å²) in [6.45, 7) is 0. The van der Waals surface area contributed by atoms with E-state index in [9.17, 15) is 9.18 Å². The van der Waals surface area contributed by atoms with E-state index in [1.54, 1.807) is 24.3 Å². The van der Waals surface area contributed by atoms with Gasteiger partial charge in [0.15, 0.2) is 5.69 Å². The summed E-state index contributed by atoms with van der Waals surface area (Å²) in [5.41, 5.74) is 0.280. The van der Waals surface area contributed by atoms with E-state index in [0.717, 1.165) is 12.8 Å². The van der Waals surface area contributed by atoms with Gasteiger partial charge in [0.25, 0.3) is 5.91 Å². The third-order valence-electron chi connectivity index (χ3n) is 3.73. The maximum Gasteiger partial charge on any atom is 0.276 e. The SMILES string of the molecule is O=C(Nc1ccccc1F)c1ccc(NC2CCCC2)nn1. The van der Waals surface area contributed by atoms with E-state index in [-0.39, 0.29) is 11.4 Å². The monoisotopic (exact) mass is 300 g/mol. The minimum absolute atomic E-state index is 0.127. The van der Waals surface area contributed by atoms with Crippen molar-refractivity contribution in [3.63, 3.8) is 0 Å². The van der Waals surface area contributed by atoms with Crippen LogP contribution < -0.4 is 10.6 Å². The summed E-state index contributed by atoms with van der Waals surface area (Å²) in [7, 11) is 0. The molecule has 114 valence electrons. The Morgan fingerprint density at radius 3 is 2.55 bits per heavy atom. The second kappa shape index (κ2) is 6.51. The highest BCUT2D eigenvalue weighted by Gasteiger charge is 2.16. The van der Waals surface area contributed by atoms with E-state index in [4.69, 9.17) is 0 Å². The summed E-state index contributed by atoms with van der Waals surface area (Å²) in [6.07, 6.45) is 4.73. The lowest BCUT2D eigenvalue weighted by Gasteiger charge is -2.12. The summed E-state index contributed by atoms with van der Waals surface area (Å²) < 4.78 is 13.5. The summed E-state index contributed by atoms with van der Waals surface area (Å²) in [6, 6.07) is 9.74. The second-order valence-electron chi connectivity index (χ2n) is 5.36. The van der Waals surface area contributed by atoms with Crippen molar-refractivity contribution in [3.8, 4) is 0 Å². The maximum atomic E-state index is 13.5. The Morgan fingerprint density at radius 2 is 1.86 bits per heavy atom. The van der Waals surface area contributed by atoms with Gasteiger partial charge in [0, 0.05) is 6.04 Å². The van der Waals surface area contributed by atoms with Gasteiger partial charge in [-0.1, -0.05) is 25.0 Å². The quantitative estimate of drug-likeness (QED) is 0.909. The van der Waals surface area contributed by atoms with Crippen LogP contribution in [0.1, 0.15) is 36.2 Å². The highest BCUT2D eigenvalue weighted by atomic mass is 19.1. The van der Waals surface area contributed by atoms with Crippen LogP contribution in [0.5, 0.6) is 0 Å². The number of halogens is 1. The van der Waals surface area contributed by atoms with Gasteiger partial charge in [0.05, 0.1) is 5.69 Å². The van der Waals surface area contributed by atoms with E-state index in [2.05, 4.69) is 20.8 Å². The third kappa shape index (κ3) is 3.39. The number of hydrogen-bond donors (Lipinski definition) is 2. The van der Waals surface area contributed by atoms with Crippen molar-refractivity contribution in [2.75, 3.05) is 10.6 Å². The van der Waals surface area contributed by atoms with Crippen LogP contribution in [0.3, 0.4) is 0 Å². The van der Waals surface area contributed by atoms with Gasteiger partial charge in [-0.05, 0) is 37.1 Å². The third-order valence-corrected chi connectivity index (χ3v) is 3.73. The highest BCUT2D eigenvalue weighted by Crippen LogP contribution is 2.21. The molecule has 1 saturated carbocycles. The number of anilines is 2. The number of carbonyl (C=O) groups is 1. The van der Waals surface area contributed by atoms with E-state index in [1.165, 1.54) is 25.0 Å². The molecule has 0 atom stereocenters. The number of carbonyl (C=O) groups excluding carboxylic acids is 1. The predicted octanol–water partition coefficient (Wildman–Crippen LogP) is 3.22. The van der Waals surface area contributed by atoms with Gasteiger partial charge in [-0.25, -0.2) is 4.39 Å². The van der Waals surface area contributed by atoms with Crippen LogP contribution in [0.4, 0.5) is 15.9 Å². The fourth-order valence-corrected chi connectivity index (χ4v) is 2.56. The normalized spacial score (nSPS) is 14.8. The second-order valence-corrected chi connectivity index (χ2v) is 5.36. The van der Waals surface area contributed by atoms with Crippen LogP contribution in [-0.2, 0) is 0 Å². The number of aromatic nitrogens is 2. The molecule has 0 radical (unpaired) electrons.